The number of nitrogen functional groups attached to an aromatic ring is 1. The summed E-state index contributed by atoms with van der Waals surface area (Å²) in [6, 6.07) is 8.82. The first-order valence-electron chi connectivity index (χ1n) is 9.03. The molecule has 0 bridgehead atoms. The SMILES string of the molecule is Cc1cc(OCCCCn2cnnc2-c2cccc(N)n2)c(C(=O)O)cc1C. The van der Waals surface area contributed by atoms with E-state index in [0.29, 0.717) is 36.2 Å². The van der Waals surface area contributed by atoms with Crippen LogP contribution in [0.3, 0.4) is 0 Å². The van der Waals surface area contributed by atoms with Gasteiger partial charge in [0, 0.05) is 6.54 Å². The number of nitrogens with zero attached hydrogens (tertiary/aromatic N) is 4. The van der Waals surface area contributed by atoms with Crippen LogP contribution in [-0.2, 0) is 6.54 Å². The summed E-state index contributed by atoms with van der Waals surface area (Å²) in [5.41, 5.74) is 8.54. The molecule has 3 aromatic rings. The van der Waals surface area contributed by atoms with Crippen molar-refractivity contribution in [3.63, 3.8) is 0 Å². The number of nitrogens with two attached hydrogens (primary N) is 1. The van der Waals surface area contributed by atoms with Crippen molar-refractivity contribution >= 4 is 11.8 Å². The van der Waals surface area contributed by atoms with Gasteiger partial charge >= 0.3 is 5.97 Å². The summed E-state index contributed by atoms with van der Waals surface area (Å²) in [5, 5.41) is 17.4. The lowest BCUT2D eigenvalue weighted by molar-refractivity contribution is 0.0692. The average Bonchev–Trinajstić information content (AvgIpc) is 3.12. The van der Waals surface area contributed by atoms with Crippen molar-refractivity contribution in [2.24, 2.45) is 0 Å². The standard InChI is InChI=1S/C20H23N5O3/c1-13-10-15(20(26)27)17(11-14(13)2)28-9-4-3-8-25-12-22-24-19(25)16-6-5-7-18(21)23-16/h5-7,10-12H,3-4,8-9H2,1-2H3,(H2,21,23)(H,26,27). The Morgan fingerprint density at radius 3 is 2.75 bits per heavy atom. The van der Waals surface area contributed by atoms with Crippen LogP contribution >= 0.6 is 0 Å². The Kier molecular flexibility index (Phi) is 5.88. The molecule has 8 heteroatoms. The number of aromatic nitrogens is 4. The van der Waals surface area contributed by atoms with Gasteiger partial charge in [-0.3, -0.25) is 0 Å². The molecule has 0 unspecified atom stereocenters. The van der Waals surface area contributed by atoms with Gasteiger partial charge in [-0.05, 0) is 62.1 Å². The number of aryl methyl sites for hydroxylation is 3. The van der Waals surface area contributed by atoms with Crippen LogP contribution in [-0.4, -0.2) is 37.4 Å². The number of unbranched alkanes of at least 4 members (excludes halogenated alkanes) is 1. The number of carboxylic acid groups (broad SMARTS) is 1. The Morgan fingerprint density at radius 1 is 1.21 bits per heavy atom. The number of pyridine rings is 1. The summed E-state index contributed by atoms with van der Waals surface area (Å²) in [7, 11) is 0. The molecule has 1 aromatic carbocycles. The van der Waals surface area contributed by atoms with Gasteiger partial charge in [0.15, 0.2) is 5.82 Å². The van der Waals surface area contributed by atoms with Crippen LogP contribution in [0.1, 0.15) is 34.3 Å². The Morgan fingerprint density at radius 2 is 2.00 bits per heavy atom. The number of aromatic carboxylic acids is 1. The Labute approximate surface area is 163 Å². The second-order valence-electron chi connectivity index (χ2n) is 6.59. The smallest absolute Gasteiger partial charge is 0.339 e. The van der Waals surface area contributed by atoms with E-state index in [9.17, 15) is 9.90 Å². The molecule has 0 aliphatic carbocycles. The van der Waals surface area contributed by atoms with Gasteiger partial charge < -0.3 is 20.1 Å². The quantitative estimate of drug-likeness (QED) is 0.576. The summed E-state index contributed by atoms with van der Waals surface area (Å²) in [5.74, 6) is 0.519. The van der Waals surface area contributed by atoms with Crippen molar-refractivity contribution < 1.29 is 14.6 Å². The predicted octanol–water partition coefficient (Wildman–Crippen LogP) is 3.10. The maximum atomic E-state index is 11.4. The molecule has 2 heterocycles. The molecule has 2 aromatic heterocycles. The molecule has 0 saturated carbocycles. The first-order valence-corrected chi connectivity index (χ1v) is 9.03. The van der Waals surface area contributed by atoms with E-state index in [0.717, 1.165) is 24.0 Å². The number of anilines is 1. The van der Waals surface area contributed by atoms with Crippen LogP contribution in [0.4, 0.5) is 5.82 Å². The summed E-state index contributed by atoms with van der Waals surface area (Å²) in [6.45, 7) is 4.95. The monoisotopic (exact) mass is 381 g/mol. The van der Waals surface area contributed by atoms with E-state index in [1.165, 1.54) is 0 Å². The van der Waals surface area contributed by atoms with Gasteiger partial charge in [0.05, 0.1) is 6.61 Å². The fourth-order valence-electron chi connectivity index (χ4n) is 2.84. The molecule has 28 heavy (non-hydrogen) atoms. The highest BCUT2D eigenvalue weighted by Gasteiger charge is 2.13. The van der Waals surface area contributed by atoms with Gasteiger partial charge in [0.25, 0.3) is 0 Å². The fraction of sp³-hybridized carbons (Fsp3) is 0.300. The molecule has 0 atom stereocenters. The van der Waals surface area contributed by atoms with E-state index in [-0.39, 0.29) is 5.56 Å². The lowest BCUT2D eigenvalue weighted by Crippen LogP contribution is -2.07. The zero-order chi connectivity index (χ0) is 20.1. The van der Waals surface area contributed by atoms with Crippen molar-refractivity contribution in [1.29, 1.82) is 0 Å². The Hall–Kier alpha value is -3.42. The van der Waals surface area contributed by atoms with E-state index in [4.69, 9.17) is 10.5 Å². The molecule has 0 amide bonds. The molecule has 146 valence electrons. The fourth-order valence-corrected chi connectivity index (χ4v) is 2.84. The molecule has 0 saturated heterocycles. The molecule has 0 fully saturated rings. The molecule has 8 nitrogen and oxygen atoms in total. The van der Waals surface area contributed by atoms with Crippen LogP contribution < -0.4 is 10.5 Å². The van der Waals surface area contributed by atoms with Crippen LogP contribution in [0.25, 0.3) is 11.5 Å². The normalized spacial score (nSPS) is 10.8. The van der Waals surface area contributed by atoms with E-state index < -0.39 is 5.97 Å². The number of rotatable bonds is 8. The zero-order valence-corrected chi connectivity index (χ0v) is 15.9. The highest BCUT2D eigenvalue weighted by atomic mass is 16.5. The molecule has 0 radical (unpaired) electrons. The second-order valence-corrected chi connectivity index (χ2v) is 6.59. The van der Waals surface area contributed by atoms with E-state index in [2.05, 4.69) is 15.2 Å². The van der Waals surface area contributed by atoms with Crippen LogP contribution in [0.5, 0.6) is 5.75 Å². The Balaban J connectivity index is 1.56. The first kappa shape index (κ1) is 19.3. The maximum Gasteiger partial charge on any atom is 0.339 e. The van der Waals surface area contributed by atoms with Gasteiger partial charge in [0.1, 0.15) is 29.2 Å². The third kappa shape index (κ3) is 4.46. The first-order chi connectivity index (χ1) is 13.5. The summed E-state index contributed by atoms with van der Waals surface area (Å²) < 4.78 is 7.65. The molecule has 3 N–H and O–H groups in total. The van der Waals surface area contributed by atoms with Gasteiger partial charge in [-0.2, -0.15) is 0 Å². The lowest BCUT2D eigenvalue weighted by Gasteiger charge is -2.12. The lowest BCUT2D eigenvalue weighted by atomic mass is 10.1. The minimum Gasteiger partial charge on any atom is -0.493 e. The van der Waals surface area contributed by atoms with Gasteiger partial charge in [0.2, 0.25) is 0 Å². The zero-order valence-electron chi connectivity index (χ0n) is 15.9. The molecular weight excluding hydrogens is 358 g/mol. The third-order valence-corrected chi connectivity index (χ3v) is 4.49. The molecule has 0 aliphatic heterocycles. The average molecular weight is 381 g/mol. The van der Waals surface area contributed by atoms with Gasteiger partial charge in [-0.25, -0.2) is 9.78 Å². The van der Waals surface area contributed by atoms with Crippen LogP contribution in [0, 0.1) is 13.8 Å². The maximum absolute atomic E-state index is 11.4. The highest BCUT2D eigenvalue weighted by molar-refractivity contribution is 5.91. The molecule has 0 spiro atoms. The predicted molar refractivity (Wildman–Crippen MR) is 105 cm³/mol. The van der Waals surface area contributed by atoms with Gasteiger partial charge in [-0.1, -0.05) is 6.07 Å². The van der Waals surface area contributed by atoms with Crippen LogP contribution in [0.15, 0.2) is 36.7 Å². The minimum atomic E-state index is -0.984. The summed E-state index contributed by atoms with van der Waals surface area (Å²) in [4.78, 5) is 15.7. The second kappa shape index (κ2) is 8.51. The van der Waals surface area contributed by atoms with E-state index in [1.807, 2.05) is 30.5 Å². The largest absolute Gasteiger partial charge is 0.493 e. The molecule has 0 aliphatic rings. The minimum absolute atomic E-state index is 0.192. The number of ether oxygens (including phenoxy) is 1. The third-order valence-electron chi connectivity index (χ3n) is 4.49. The van der Waals surface area contributed by atoms with Crippen LogP contribution in [0.2, 0.25) is 0 Å². The molecular formula is C20H23N5O3. The van der Waals surface area contributed by atoms with Crippen molar-refractivity contribution in [3.8, 4) is 17.3 Å². The number of hydrogen-bond donors (Lipinski definition) is 2. The van der Waals surface area contributed by atoms with E-state index in [1.54, 1.807) is 24.5 Å². The summed E-state index contributed by atoms with van der Waals surface area (Å²) in [6.07, 6.45) is 3.24. The van der Waals surface area contributed by atoms with Crippen molar-refractivity contribution in [2.75, 3.05) is 12.3 Å². The van der Waals surface area contributed by atoms with Crippen molar-refractivity contribution in [3.05, 3.63) is 53.3 Å². The topological polar surface area (TPSA) is 116 Å². The van der Waals surface area contributed by atoms with Gasteiger partial charge in [-0.15, -0.1) is 10.2 Å². The van der Waals surface area contributed by atoms with Crippen molar-refractivity contribution in [2.45, 2.75) is 33.2 Å². The Bertz CT molecular complexity index is 984. The number of carbonyl (C=O) groups is 1. The number of hydrogen-bond acceptors (Lipinski definition) is 6. The molecule has 3 rings (SSSR count). The summed E-state index contributed by atoms with van der Waals surface area (Å²) >= 11 is 0. The highest BCUT2D eigenvalue weighted by Crippen LogP contribution is 2.24. The number of carboxylic acids is 1. The van der Waals surface area contributed by atoms with Crippen molar-refractivity contribution in [1.82, 2.24) is 19.7 Å². The van der Waals surface area contributed by atoms with E-state index >= 15 is 0 Å². The number of benzene rings is 1.